The minimum absolute atomic E-state index is 0.239. The van der Waals surface area contributed by atoms with Crippen molar-refractivity contribution in [3.8, 4) is 22.6 Å². The summed E-state index contributed by atoms with van der Waals surface area (Å²) in [6.45, 7) is 0.443. The Bertz CT molecular complexity index is 1390. The maximum atomic E-state index is 13.5. The molecular formula is C27H22FN5O. The first kappa shape index (κ1) is 21.3. The van der Waals surface area contributed by atoms with Gasteiger partial charge in [-0.15, -0.1) is 0 Å². The highest BCUT2D eigenvalue weighted by atomic mass is 19.1. The average Bonchev–Trinajstić information content (AvgIpc) is 3.54. The molecule has 0 unspecified atom stereocenters. The second kappa shape index (κ2) is 9.54. The number of hydrogen-bond acceptors (Lipinski definition) is 3. The molecule has 0 saturated carbocycles. The molecule has 6 nitrogen and oxygen atoms in total. The van der Waals surface area contributed by atoms with Gasteiger partial charge < -0.3 is 5.32 Å². The highest BCUT2D eigenvalue weighted by Crippen LogP contribution is 2.24. The van der Waals surface area contributed by atoms with Crippen LogP contribution in [0.1, 0.15) is 15.9 Å². The number of nitrogens with one attached hydrogen (secondary N) is 1. The maximum Gasteiger partial charge on any atom is 0.255 e. The number of para-hydroxylation sites is 2. The molecule has 1 amide bonds. The molecule has 0 radical (unpaired) electrons. The number of nitrogens with zero attached hydrogens (tertiary/aromatic N) is 4. The number of aromatic nitrogens is 4. The van der Waals surface area contributed by atoms with Gasteiger partial charge in [-0.3, -0.25) is 4.79 Å². The Labute approximate surface area is 196 Å². The number of hydrogen-bond donors (Lipinski definition) is 1. The molecule has 2 aromatic heterocycles. The van der Waals surface area contributed by atoms with Crippen molar-refractivity contribution < 1.29 is 9.18 Å². The van der Waals surface area contributed by atoms with Gasteiger partial charge in [-0.2, -0.15) is 10.2 Å². The lowest BCUT2D eigenvalue weighted by Crippen LogP contribution is -2.25. The Morgan fingerprint density at radius 2 is 1.47 bits per heavy atom. The molecule has 34 heavy (non-hydrogen) atoms. The number of amides is 1. The van der Waals surface area contributed by atoms with Crippen LogP contribution < -0.4 is 5.32 Å². The number of rotatable bonds is 7. The van der Waals surface area contributed by atoms with Crippen LogP contribution in [0.15, 0.2) is 104 Å². The van der Waals surface area contributed by atoms with E-state index in [0.29, 0.717) is 29.8 Å². The van der Waals surface area contributed by atoms with Gasteiger partial charge in [0.2, 0.25) is 0 Å². The van der Waals surface area contributed by atoms with Crippen LogP contribution in [0.25, 0.3) is 22.6 Å². The van der Waals surface area contributed by atoms with E-state index in [4.69, 9.17) is 0 Å². The topological polar surface area (TPSA) is 64.7 Å². The van der Waals surface area contributed by atoms with E-state index in [1.807, 2.05) is 71.5 Å². The molecule has 0 bridgehead atoms. The monoisotopic (exact) mass is 451 g/mol. The molecular weight excluding hydrogens is 429 g/mol. The van der Waals surface area contributed by atoms with Crippen molar-refractivity contribution in [1.82, 2.24) is 24.9 Å². The fraction of sp³-hybridized carbons (Fsp3) is 0.0741. The van der Waals surface area contributed by atoms with Crippen LogP contribution >= 0.6 is 0 Å². The van der Waals surface area contributed by atoms with Gasteiger partial charge in [0.15, 0.2) is 0 Å². The Morgan fingerprint density at radius 1 is 0.824 bits per heavy atom. The summed E-state index contributed by atoms with van der Waals surface area (Å²) >= 11 is 0. The number of carbonyl (C=O) groups is 1. The van der Waals surface area contributed by atoms with Crippen LogP contribution in [0.5, 0.6) is 0 Å². The molecule has 168 valence electrons. The van der Waals surface area contributed by atoms with Crippen molar-refractivity contribution in [1.29, 1.82) is 0 Å². The van der Waals surface area contributed by atoms with E-state index in [9.17, 15) is 9.18 Å². The second-order valence-electron chi connectivity index (χ2n) is 7.81. The highest BCUT2D eigenvalue weighted by molar-refractivity contribution is 5.99. The molecule has 1 N–H and O–H groups in total. The van der Waals surface area contributed by atoms with E-state index >= 15 is 0 Å². The first-order chi connectivity index (χ1) is 16.7. The highest BCUT2D eigenvalue weighted by Gasteiger charge is 2.18. The van der Waals surface area contributed by atoms with Gasteiger partial charge in [0.1, 0.15) is 11.5 Å². The zero-order chi connectivity index (χ0) is 23.3. The Hall–Kier alpha value is -4.52. The lowest BCUT2D eigenvalue weighted by atomic mass is 10.1. The molecule has 0 saturated heterocycles. The van der Waals surface area contributed by atoms with Crippen molar-refractivity contribution in [3.05, 3.63) is 120 Å². The zero-order valence-electron chi connectivity index (χ0n) is 18.3. The van der Waals surface area contributed by atoms with Crippen molar-refractivity contribution in [3.63, 3.8) is 0 Å². The Kier molecular flexibility index (Phi) is 5.99. The molecule has 2 heterocycles. The first-order valence-electron chi connectivity index (χ1n) is 11.0. The van der Waals surface area contributed by atoms with Crippen LogP contribution in [0.2, 0.25) is 0 Å². The van der Waals surface area contributed by atoms with Crippen molar-refractivity contribution in [2.75, 3.05) is 6.54 Å². The number of carbonyl (C=O) groups excluding carboxylic acids is 1. The third-order valence-electron chi connectivity index (χ3n) is 5.45. The predicted octanol–water partition coefficient (Wildman–Crippen LogP) is 4.84. The van der Waals surface area contributed by atoms with E-state index in [1.54, 1.807) is 29.2 Å². The SMILES string of the molecule is O=C(NCCc1cnn(-c2ccccc2)c1)c1cn(-c2ccccc2)nc1-c1ccc(F)cc1. The summed E-state index contributed by atoms with van der Waals surface area (Å²) in [5.41, 5.74) is 4.43. The zero-order valence-corrected chi connectivity index (χ0v) is 18.3. The summed E-state index contributed by atoms with van der Waals surface area (Å²) in [6.07, 6.45) is 6.10. The van der Waals surface area contributed by atoms with Gasteiger partial charge in [0.25, 0.3) is 5.91 Å². The molecule has 0 aliphatic rings. The summed E-state index contributed by atoms with van der Waals surface area (Å²) in [6, 6.07) is 25.4. The van der Waals surface area contributed by atoms with Gasteiger partial charge in [-0.1, -0.05) is 36.4 Å². The smallest absolute Gasteiger partial charge is 0.255 e. The minimum Gasteiger partial charge on any atom is -0.352 e. The lowest BCUT2D eigenvalue weighted by Gasteiger charge is -2.05. The quantitative estimate of drug-likeness (QED) is 0.385. The third-order valence-corrected chi connectivity index (χ3v) is 5.45. The summed E-state index contributed by atoms with van der Waals surface area (Å²) in [5, 5.41) is 12.0. The number of benzene rings is 3. The second-order valence-corrected chi connectivity index (χ2v) is 7.81. The predicted molar refractivity (Wildman–Crippen MR) is 129 cm³/mol. The van der Waals surface area contributed by atoms with Crippen molar-refractivity contribution >= 4 is 5.91 Å². The molecule has 5 aromatic rings. The molecule has 0 fully saturated rings. The van der Waals surface area contributed by atoms with E-state index in [2.05, 4.69) is 15.5 Å². The molecule has 5 rings (SSSR count). The van der Waals surface area contributed by atoms with Gasteiger partial charge in [-0.05, 0) is 60.5 Å². The summed E-state index contributed by atoms with van der Waals surface area (Å²) < 4.78 is 16.9. The van der Waals surface area contributed by atoms with Gasteiger partial charge in [0, 0.05) is 24.5 Å². The van der Waals surface area contributed by atoms with Crippen LogP contribution in [-0.2, 0) is 6.42 Å². The molecule has 0 spiro atoms. The fourth-order valence-electron chi connectivity index (χ4n) is 3.70. The largest absolute Gasteiger partial charge is 0.352 e. The van der Waals surface area contributed by atoms with Crippen molar-refractivity contribution in [2.24, 2.45) is 0 Å². The third kappa shape index (κ3) is 4.63. The maximum absolute atomic E-state index is 13.5. The molecule has 3 aromatic carbocycles. The Balaban J connectivity index is 1.33. The lowest BCUT2D eigenvalue weighted by molar-refractivity contribution is 0.0954. The molecule has 0 atom stereocenters. The normalized spacial score (nSPS) is 10.9. The Morgan fingerprint density at radius 3 is 2.15 bits per heavy atom. The van der Waals surface area contributed by atoms with E-state index < -0.39 is 0 Å². The summed E-state index contributed by atoms with van der Waals surface area (Å²) in [7, 11) is 0. The van der Waals surface area contributed by atoms with Gasteiger partial charge >= 0.3 is 0 Å². The molecule has 0 aliphatic carbocycles. The first-order valence-corrected chi connectivity index (χ1v) is 11.0. The van der Waals surface area contributed by atoms with Crippen LogP contribution in [0.3, 0.4) is 0 Å². The van der Waals surface area contributed by atoms with Crippen molar-refractivity contribution in [2.45, 2.75) is 6.42 Å². The minimum atomic E-state index is -0.340. The summed E-state index contributed by atoms with van der Waals surface area (Å²) in [4.78, 5) is 13.1. The van der Waals surface area contributed by atoms with E-state index in [0.717, 1.165) is 16.9 Å². The van der Waals surface area contributed by atoms with Crippen LogP contribution in [-0.4, -0.2) is 32.0 Å². The molecule has 0 aliphatic heterocycles. The van der Waals surface area contributed by atoms with E-state index in [-0.39, 0.29) is 11.7 Å². The number of halogens is 1. The fourth-order valence-corrected chi connectivity index (χ4v) is 3.70. The van der Waals surface area contributed by atoms with Gasteiger partial charge in [0.05, 0.1) is 23.1 Å². The van der Waals surface area contributed by atoms with Crippen LogP contribution in [0.4, 0.5) is 4.39 Å². The summed E-state index contributed by atoms with van der Waals surface area (Å²) in [5.74, 6) is -0.578. The molecule has 7 heteroatoms. The standard InChI is InChI=1S/C27H22FN5O/c28-22-13-11-21(12-14-22)26-25(19-33(31-26)24-9-5-2-6-10-24)27(34)29-16-15-20-17-30-32(18-20)23-7-3-1-4-8-23/h1-14,17-19H,15-16H2,(H,29,34). The average molecular weight is 452 g/mol. The van der Waals surface area contributed by atoms with E-state index in [1.165, 1.54) is 12.1 Å². The van der Waals surface area contributed by atoms with Crippen LogP contribution in [0, 0.1) is 5.82 Å². The van der Waals surface area contributed by atoms with Gasteiger partial charge in [-0.25, -0.2) is 13.8 Å².